The molecule has 0 N–H and O–H groups in total. The van der Waals surface area contributed by atoms with E-state index in [4.69, 9.17) is 13.9 Å². The molecule has 208 valence electrons. The predicted molar refractivity (Wildman–Crippen MR) is 154 cm³/mol. The second-order valence-electron chi connectivity index (χ2n) is 8.69. The molecule has 1 atom stereocenters. The highest BCUT2D eigenvalue weighted by Gasteiger charge is 2.25. The lowest BCUT2D eigenvalue weighted by Crippen LogP contribution is -2.25. The van der Waals surface area contributed by atoms with Gasteiger partial charge in [-0.1, -0.05) is 18.2 Å². The van der Waals surface area contributed by atoms with Crippen molar-refractivity contribution in [3.05, 3.63) is 91.2 Å². The van der Waals surface area contributed by atoms with E-state index in [0.29, 0.717) is 27.6 Å². The Morgan fingerprint density at radius 1 is 1.15 bits per heavy atom. The average molecular weight is 621 g/mol. The van der Waals surface area contributed by atoms with Gasteiger partial charge < -0.3 is 18.6 Å². The molecule has 0 bridgehead atoms. The van der Waals surface area contributed by atoms with Gasteiger partial charge >= 0.3 is 11.7 Å². The fraction of sp³-hybridized carbons (Fsp3) is 0.143. The fourth-order valence-corrected chi connectivity index (χ4v) is 4.71. The lowest BCUT2D eigenvalue weighted by molar-refractivity contribution is -0.386. The van der Waals surface area contributed by atoms with Crippen LogP contribution in [0.2, 0.25) is 0 Å². The number of nitro groups is 1. The van der Waals surface area contributed by atoms with E-state index < -0.39 is 28.2 Å². The van der Waals surface area contributed by atoms with Crippen molar-refractivity contribution in [3.63, 3.8) is 0 Å². The van der Waals surface area contributed by atoms with Crippen LogP contribution in [0.3, 0.4) is 0 Å². The SMILES string of the molecule is COC(=O)[C@H](C)Oc1c(Br)cc(C=Nn2c(-c3cc4c(OC)cccc4o3)nc3ccccc3c2=O)cc1[N+](=O)[O-]. The number of esters is 1. The highest BCUT2D eigenvalue weighted by molar-refractivity contribution is 9.10. The number of furan rings is 1. The molecule has 13 heteroatoms. The van der Waals surface area contributed by atoms with Crippen LogP contribution < -0.4 is 15.0 Å². The molecule has 2 aromatic heterocycles. The number of halogens is 1. The van der Waals surface area contributed by atoms with Gasteiger partial charge in [0.2, 0.25) is 11.6 Å². The third kappa shape index (κ3) is 5.26. The Labute approximate surface area is 240 Å². The maximum atomic E-state index is 13.6. The summed E-state index contributed by atoms with van der Waals surface area (Å²) >= 11 is 3.27. The number of carbonyl (C=O) groups excluding carboxylic acids is 1. The summed E-state index contributed by atoms with van der Waals surface area (Å²) in [7, 11) is 2.73. The number of hydrogen-bond donors (Lipinski definition) is 0. The normalized spacial score (nSPS) is 12.1. The molecule has 0 saturated heterocycles. The van der Waals surface area contributed by atoms with Crippen molar-refractivity contribution >= 4 is 55.7 Å². The number of fused-ring (bicyclic) bond motifs is 2. The molecule has 2 heterocycles. The Bertz CT molecular complexity index is 1910. The van der Waals surface area contributed by atoms with Gasteiger partial charge in [0.25, 0.3) is 5.56 Å². The van der Waals surface area contributed by atoms with E-state index in [0.717, 1.165) is 4.68 Å². The van der Waals surface area contributed by atoms with Gasteiger partial charge in [0.15, 0.2) is 11.9 Å². The van der Waals surface area contributed by atoms with E-state index in [1.807, 2.05) is 0 Å². The summed E-state index contributed by atoms with van der Waals surface area (Å²) in [6.45, 7) is 1.41. The van der Waals surface area contributed by atoms with Crippen molar-refractivity contribution in [1.82, 2.24) is 9.66 Å². The summed E-state index contributed by atoms with van der Waals surface area (Å²) in [6, 6.07) is 16.5. The molecular weight excluding hydrogens is 600 g/mol. The standard InChI is InChI=1S/C28H21BrN4O8/c1-15(28(35)39-3)40-25-19(29)11-16(12-21(25)33(36)37)14-30-32-26(31-20-8-5-4-7-17(20)27(32)34)24-13-18-22(38-2)9-6-10-23(18)41-24/h4-15H,1-3H3/t15-/m0/s1. The minimum atomic E-state index is -1.10. The summed E-state index contributed by atoms with van der Waals surface area (Å²) in [5, 5.41) is 17.2. The van der Waals surface area contributed by atoms with E-state index in [-0.39, 0.29) is 27.4 Å². The number of methoxy groups -OCH3 is 2. The van der Waals surface area contributed by atoms with Gasteiger partial charge in [-0.2, -0.15) is 9.78 Å². The Kier molecular flexibility index (Phi) is 7.53. The van der Waals surface area contributed by atoms with E-state index in [1.165, 1.54) is 32.4 Å². The Morgan fingerprint density at radius 3 is 2.66 bits per heavy atom. The van der Waals surface area contributed by atoms with Crippen LogP contribution in [-0.2, 0) is 9.53 Å². The number of para-hydroxylation sites is 1. The number of ether oxygens (including phenoxy) is 3. The zero-order valence-corrected chi connectivity index (χ0v) is 23.4. The van der Waals surface area contributed by atoms with Gasteiger partial charge in [-0.25, -0.2) is 9.78 Å². The number of nitro benzene ring substituents is 1. The number of nitrogens with zero attached hydrogens (tertiary/aromatic N) is 4. The van der Waals surface area contributed by atoms with E-state index in [1.54, 1.807) is 55.6 Å². The van der Waals surface area contributed by atoms with Crippen LogP contribution in [0.1, 0.15) is 12.5 Å². The van der Waals surface area contributed by atoms with Crippen LogP contribution in [-0.4, -0.2) is 47.1 Å². The first-order valence-corrected chi connectivity index (χ1v) is 12.9. The van der Waals surface area contributed by atoms with Crippen LogP contribution in [0.15, 0.2) is 79.4 Å². The molecule has 5 rings (SSSR count). The van der Waals surface area contributed by atoms with E-state index in [9.17, 15) is 19.7 Å². The molecular formula is C28H21BrN4O8. The molecule has 3 aromatic carbocycles. The summed E-state index contributed by atoms with van der Waals surface area (Å²) in [4.78, 5) is 41.2. The zero-order chi connectivity index (χ0) is 29.3. The maximum absolute atomic E-state index is 13.6. The Hall–Kier alpha value is -5.04. The van der Waals surface area contributed by atoms with Crippen molar-refractivity contribution in [1.29, 1.82) is 0 Å². The molecule has 0 fully saturated rings. The third-order valence-electron chi connectivity index (χ3n) is 6.11. The molecule has 0 aliphatic carbocycles. The van der Waals surface area contributed by atoms with Crippen molar-refractivity contribution in [3.8, 4) is 23.1 Å². The number of benzene rings is 3. The summed E-state index contributed by atoms with van der Waals surface area (Å²) in [6.07, 6.45) is 0.178. The average Bonchev–Trinajstić information content (AvgIpc) is 3.41. The predicted octanol–water partition coefficient (Wildman–Crippen LogP) is 5.31. The summed E-state index contributed by atoms with van der Waals surface area (Å²) < 4.78 is 22.8. The van der Waals surface area contributed by atoms with Gasteiger partial charge in [0.1, 0.15) is 11.3 Å². The molecule has 0 radical (unpaired) electrons. The number of aromatic nitrogens is 2. The zero-order valence-electron chi connectivity index (χ0n) is 21.9. The third-order valence-corrected chi connectivity index (χ3v) is 6.70. The Balaban J connectivity index is 1.64. The smallest absolute Gasteiger partial charge is 0.346 e. The first kappa shape index (κ1) is 27.5. The highest BCUT2D eigenvalue weighted by Crippen LogP contribution is 2.37. The largest absolute Gasteiger partial charge is 0.496 e. The quantitative estimate of drug-likeness (QED) is 0.0973. The van der Waals surface area contributed by atoms with Crippen LogP contribution in [0, 0.1) is 10.1 Å². The van der Waals surface area contributed by atoms with Gasteiger partial charge in [-0.15, -0.1) is 0 Å². The second-order valence-corrected chi connectivity index (χ2v) is 9.54. The van der Waals surface area contributed by atoms with Crippen LogP contribution in [0.4, 0.5) is 5.69 Å². The highest BCUT2D eigenvalue weighted by atomic mass is 79.9. The van der Waals surface area contributed by atoms with Crippen molar-refractivity contribution in [2.24, 2.45) is 5.10 Å². The van der Waals surface area contributed by atoms with Gasteiger partial charge in [0.05, 0.1) is 46.1 Å². The molecule has 12 nitrogen and oxygen atoms in total. The fourth-order valence-electron chi connectivity index (χ4n) is 4.15. The number of hydrogen-bond acceptors (Lipinski definition) is 10. The molecule has 0 unspecified atom stereocenters. The molecule has 0 spiro atoms. The number of carbonyl (C=O) groups is 1. The molecule has 0 saturated carbocycles. The summed E-state index contributed by atoms with van der Waals surface area (Å²) in [5.74, 6) is 0.0970. The van der Waals surface area contributed by atoms with Gasteiger partial charge in [-0.05, 0) is 59.3 Å². The molecule has 0 aliphatic rings. The first-order valence-electron chi connectivity index (χ1n) is 12.1. The van der Waals surface area contributed by atoms with Crippen molar-refractivity contribution in [2.75, 3.05) is 14.2 Å². The second kappa shape index (κ2) is 11.2. The van der Waals surface area contributed by atoms with Crippen molar-refractivity contribution < 1.29 is 28.3 Å². The van der Waals surface area contributed by atoms with Crippen LogP contribution >= 0.6 is 15.9 Å². The lowest BCUT2D eigenvalue weighted by atomic mass is 10.2. The topological polar surface area (TPSA) is 148 Å². The van der Waals surface area contributed by atoms with Crippen molar-refractivity contribution in [2.45, 2.75) is 13.0 Å². The first-order chi connectivity index (χ1) is 19.7. The van der Waals surface area contributed by atoms with Crippen LogP contribution in [0.5, 0.6) is 11.5 Å². The molecule has 0 aliphatic heterocycles. The minimum absolute atomic E-state index is 0.114. The molecule has 0 amide bonds. The van der Waals surface area contributed by atoms with E-state index in [2.05, 4.69) is 30.8 Å². The molecule has 41 heavy (non-hydrogen) atoms. The summed E-state index contributed by atoms with van der Waals surface area (Å²) in [5.41, 5.74) is 0.318. The Morgan fingerprint density at radius 2 is 1.93 bits per heavy atom. The van der Waals surface area contributed by atoms with Crippen LogP contribution in [0.25, 0.3) is 33.5 Å². The molecule has 5 aromatic rings. The van der Waals surface area contributed by atoms with Gasteiger partial charge in [-0.3, -0.25) is 14.9 Å². The minimum Gasteiger partial charge on any atom is -0.496 e. The van der Waals surface area contributed by atoms with E-state index >= 15 is 0 Å². The lowest BCUT2D eigenvalue weighted by Gasteiger charge is -2.14. The maximum Gasteiger partial charge on any atom is 0.346 e. The van der Waals surface area contributed by atoms with Gasteiger partial charge in [0, 0.05) is 11.6 Å². The monoisotopic (exact) mass is 620 g/mol. The number of rotatable bonds is 8.